The van der Waals surface area contributed by atoms with Gasteiger partial charge in [-0.15, -0.1) is 0 Å². The first kappa shape index (κ1) is 14.5. The third kappa shape index (κ3) is 5.32. The van der Waals surface area contributed by atoms with E-state index in [9.17, 15) is 4.39 Å². The number of hydrogen-bond acceptors (Lipinski definition) is 1. The molecular weight excluding hydrogens is 237 g/mol. The van der Waals surface area contributed by atoms with E-state index in [-0.39, 0.29) is 5.82 Å². The Morgan fingerprint density at radius 1 is 1.16 bits per heavy atom. The highest BCUT2D eigenvalue weighted by Crippen LogP contribution is 2.25. The molecule has 0 amide bonds. The number of halogens is 1. The van der Waals surface area contributed by atoms with Crippen LogP contribution in [0.2, 0.25) is 0 Å². The van der Waals surface area contributed by atoms with E-state index in [4.69, 9.17) is 0 Å². The zero-order valence-corrected chi connectivity index (χ0v) is 12.0. The Morgan fingerprint density at radius 3 is 2.53 bits per heavy atom. The summed E-state index contributed by atoms with van der Waals surface area (Å²) >= 11 is 0. The fourth-order valence-corrected chi connectivity index (χ4v) is 2.54. The summed E-state index contributed by atoms with van der Waals surface area (Å²) in [6.45, 7) is 3.29. The van der Waals surface area contributed by atoms with Gasteiger partial charge >= 0.3 is 0 Å². The molecule has 1 atom stereocenters. The Morgan fingerprint density at radius 2 is 1.89 bits per heavy atom. The molecule has 0 radical (unpaired) electrons. The van der Waals surface area contributed by atoms with Crippen molar-refractivity contribution in [3.63, 3.8) is 0 Å². The van der Waals surface area contributed by atoms with Gasteiger partial charge in [-0.1, -0.05) is 44.7 Å². The lowest BCUT2D eigenvalue weighted by Gasteiger charge is -2.18. The molecule has 0 heterocycles. The van der Waals surface area contributed by atoms with Crippen LogP contribution in [0.5, 0.6) is 0 Å². The van der Waals surface area contributed by atoms with Gasteiger partial charge in [-0.25, -0.2) is 4.39 Å². The number of hydrogen-bond donors (Lipinski definition) is 1. The molecule has 0 aliphatic heterocycles. The van der Waals surface area contributed by atoms with E-state index in [1.165, 1.54) is 50.5 Å². The van der Waals surface area contributed by atoms with Crippen LogP contribution in [0.4, 0.5) is 4.39 Å². The maximum Gasteiger partial charge on any atom is 0.123 e. The Kier molecular flexibility index (Phi) is 5.84. The number of rotatable bonds is 9. The zero-order valence-electron chi connectivity index (χ0n) is 12.0. The predicted octanol–water partition coefficient (Wildman–Crippen LogP) is 4.63. The fraction of sp³-hybridized carbons (Fsp3) is 0.647. The van der Waals surface area contributed by atoms with E-state index in [0.717, 1.165) is 12.6 Å². The molecule has 0 spiro atoms. The van der Waals surface area contributed by atoms with Gasteiger partial charge < -0.3 is 5.32 Å². The van der Waals surface area contributed by atoms with Crippen molar-refractivity contribution in [2.75, 3.05) is 6.54 Å². The first-order valence-electron chi connectivity index (χ1n) is 7.78. The Bertz CT molecular complexity index is 356. The molecule has 1 N–H and O–H groups in total. The van der Waals surface area contributed by atoms with Crippen molar-refractivity contribution in [3.05, 3.63) is 35.6 Å². The van der Waals surface area contributed by atoms with Crippen molar-refractivity contribution in [3.8, 4) is 0 Å². The molecule has 0 saturated heterocycles. The van der Waals surface area contributed by atoms with Gasteiger partial charge in [-0.05, 0) is 42.9 Å². The third-order valence-corrected chi connectivity index (χ3v) is 3.98. The molecule has 1 aromatic rings. The number of benzene rings is 1. The summed E-state index contributed by atoms with van der Waals surface area (Å²) in [6.07, 6.45) is 9.07. The molecule has 1 fully saturated rings. The maximum atomic E-state index is 13.0. The second-order valence-electron chi connectivity index (χ2n) is 5.78. The second kappa shape index (κ2) is 7.64. The van der Waals surface area contributed by atoms with Crippen LogP contribution in [0.3, 0.4) is 0 Å². The van der Waals surface area contributed by atoms with Gasteiger partial charge in [0.15, 0.2) is 0 Å². The number of unbranched alkanes of at least 4 members (excludes halogenated alkanes) is 3. The summed E-state index contributed by atoms with van der Waals surface area (Å²) in [5, 5.41) is 3.62. The summed E-state index contributed by atoms with van der Waals surface area (Å²) in [5.74, 6) is 0.404. The summed E-state index contributed by atoms with van der Waals surface area (Å²) in [6, 6.07) is 7.83. The molecular formula is C17H26FN. The molecule has 1 saturated carbocycles. The van der Waals surface area contributed by atoms with Crippen LogP contribution >= 0.6 is 0 Å². The minimum Gasteiger partial charge on any atom is -0.313 e. The van der Waals surface area contributed by atoms with Crippen LogP contribution in [-0.2, 0) is 0 Å². The van der Waals surface area contributed by atoms with E-state index in [1.807, 2.05) is 12.1 Å². The van der Waals surface area contributed by atoms with Crippen LogP contribution in [0.25, 0.3) is 0 Å². The highest BCUT2D eigenvalue weighted by molar-refractivity contribution is 5.21. The number of nitrogens with one attached hydrogen (secondary N) is 1. The second-order valence-corrected chi connectivity index (χ2v) is 5.78. The standard InChI is InChI=1S/C17H26FN/c1-2-3-4-5-6-15(13-19-17-11-12-17)14-7-9-16(18)10-8-14/h7-10,15,17,19H,2-6,11-13H2,1H3. The molecule has 1 unspecified atom stereocenters. The first-order valence-corrected chi connectivity index (χ1v) is 7.78. The molecule has 2 heteroatoms. The van der Waals surface area contributed by atoms with Gasteiger partial charge in [0.05, 0.1) is 0 Å². The summed E-state index contributed by atoms with van der Waals surface area (Å²) in [4.78, 5) is 0. The third-order valence-electron chi connectivity index (χ3n) is 3.98. The molecule has 0 aromatic heterocycles. The molecule has 0 bridgehead atoms. The van der Waals surface area contributed by atoms with E-state index >= 15 is 0 Å². The van der Waals surface area contributed by atoms with Gasteiger partial charge in [0.2, 0.25) is 0 Å². The molecule has 1 aromatic carbocycles. The Balaban J connectivity index is 1.85. The van der Waals surface area contributed by atoms with Crippen molar-refractivity contribution in [2.45, 2.75) is 63.8 Å². The predicted molar refractivity (Wildman–Crippen MR) is 78.9 cm³/mol. The van der Waals surface area contributed by atoms with Crippen molar-refractivity contribution in [2.24, 2.45) is 0 Å². The molecule has 19 heavy (non-hydrogen) atoms. The lowest BCUT2D eigenvalue weighted by molar-refractivity contribution is 0.511. The van der Waals surface area contributed by atoms with Crippen molar-refractivity contribution in [1.29, 1.82) is 0 Å². The van der Waals surface area contributed by atoms with Gasteiger partial charge in [-0.2, -0.15) is 0 Å². The van der Waals surface area contributed by atoms with Gasteiger partial charge in [0, 0.05) is 12.6 Å². The normalized spacial score (nSPS) is 16.5. The van der Waals surface area contributed by atoms with E-state index in [0.29, 0.717) is 5.92 Å². The zero-order chi connectivity index (χ0) is 13.5. The van der Waals surface area contributed by atoms with Gasteiger partial charge in [-0.3, -0.25) is 0 Å². The van der Waals surface area contributed by atoms with E-state index < -0.39 is 0 Å². The topological polar surface area (TPSA) is 12.0 Å². The van der Waals surface area contributed by atoms with Crippen LogP contribution in [0.15, 0.2) is 24.3 Å². The lowest BCUT2D eigenvalue weighted by atomic mass is 9.93. The summed E-state index contributed by atoms with van der Waals surface area (Å²) in [7, 11) is 0. The van der Waals surface area contributed by atoms with Crippen LogP contribution in [0.1, 0.15) is 63.4 Å². The lowest BCUT2D eigenvalue weighted by Crippen LogP contribution is -2.23. The van der Waals surface area contributed by atoms with Crippen molar-refractivity contribution < 1.29 is 4.39 Å². The molecule has 1 nitrogen and oxygen atoms in total. The average Bonchev–Trinajstić information content (AvgIpc) is 3.23. The SMILES string of the molecule is CCCCCCC(CNC1CC1)c1ccc(F)cc1. The summed E-state index contributed by atoms with van der Waals surface area (Å²) in [5.41, 5.74) is 1.28. The highest BCUT2D eigenvalue weighted by atomic mass is 19.1. The molecule has 1 aliphatic rings. The Labute approximate surface area is 116 Å². The largest absolute Gasteiger partial charge is 0.313 e. The smallest absolute Gasteiger partial charge is 0.123 e. The van der Waals surface area contributed by atoms with Crippen LogP contribution in [-0.4, -0.2) is 12.6 Å². The molecule has 2 rings (SSSR count). The fourth-order valence-electron chi connectivity index (χ4n) is 2.54. The maximum absolute atomic E-state index is 13.0. The quantitative estimate of drug-likeness (QED) is 0.640. The van der Waals surface area contributed by atoms with E-state index in [1.54, 1.807) is 12.1 Å². The first-order chi connectivity index (χ1) is 9.29. The van der Waals surface area contributed by atoms with Gasteiger partial charge in [0.25, 0.3) is 0 Å². The molecule has 1 aliphatic carbocycles. The monoisotopic (exact) mass is 263 g/mol. The van der Waals surface area contributed by atoms with Crippen LogP contribution in [0, 0.1) is 5.82 Å². The minimum atomic E-state index is -0.136. The highest BCUT2D eigenvalue weighted by Gasteiger charge is 2.22. The van der Waals surface area contributed by atoms with Gasteiger partial charge in [0.1, 0.15) is 5.82 Å². The Hall–Kier alpha value is -0.890. The van der Waals surface area contributed by atoms with Crippen molar-refractivity contribution in [1.82, 2.24) is 5.32 Å². The van der Waals surface area contributed by atoms with Crippen molar-refractivity contribution >= 4 is 0 Å². The minimum absolute atomic E-state index is 0.136. The molecule has 106 valence electrons. The summed E-state index contributed by atoms with van der Waals surface area (Å²) < 4.78 is 13.0. The average molecular weight is 263 g/mol. The van der Waals surface area contributed by atoms with E-state index in [2.05, 4.69) is 12.2 Å². The van der Waals surface area contributed by atoms with Crippen LogP contribution < -0.4 is 5.32 Å².